The number of amides is 3. The lowest BCUT2D eigenvalue weighted by Crippen LogP contribution is -2.39. The third-order valence-corrected chi connectivity index (χ3v) is 4.35. The van der Waals surface area contributed by atoms with Crippen LogP contribution in [0.4, 0.5) is 4.79 Å². The Hall–Kier alpha value is -1.79. The summed E-state index contributed by atoms with van der Waals surface area (Å²) in [6.45, 7) is 2.32. The number of rotatable bonds is 6. The minimum atomic E-state index is -0.444. The molecule has 122 valence electrons. The number of carbonyl (C=O) groups excluding carboxylic acids is 3. The number of imide groups is 1. The normalized spacial score (nSPS) is 16.3. The first kappa shape index (κ1) is 17.6. The van der Waals surface area contributed by atoms with Crippen molar-refractivity contribution >= 4 is 46.5 Å². The fraction of sp³-hybridized carbons (Fsp3) is 0.312. The van der Waals surface area contributed by atoms with E-state index in [1.54, 1.807) is 30.3 Å². The number of hydrogen-bond acceptors (Lipinski definition) is 4. The third-order valence-electron chi connectivity index (χ3n) is 3.20. The molecule has 0 aromatic heterocycles. The quantitative estimate of drug-likeness (QED) is 0.630. The van der Waals surface area contributed by atoms with Crippen molar-refractivity contribution < 1.29 is 14.4 Å². The monoisotopic (exact) mass is 352 g/mol. The minimum Gasteiger partial charge on any atom is -0.355 e. The molecule has 0 spiro atoms. The molecule has 5 nitrogen and oxygen atoms in total. The fourth-order valence-electron chi connectivity index (χ4n) is 1.95. The molecule has 1 aromatic carbocycles. The van der Waals surface area contributed by atoms with Gasteiger partial charge in [0.2, 0.25) is 5.91 Å². The lowest BCUT2D eigenvalue weighted by molar-refractivity contribution is -0.129. The second kappa shape index (κ2) is 8.17. The van der Waals surface area contributed by atoms with Crippen LogP contribution in [0.15, 0.2) is 29.2 Å². The SMILES string of the molecule is CCCCNC(=O)CN1C(=O)S/C(=C\c2ccc(Cl)cc2)C1=O. The van der Waals surface area contributed by atoms with Crippen molar-refractivity contribution in [2.24, 2.45) is 0 Å². The number of thioether (sulfide) groups is 1. The van der Waals surface area contributed by atoms with E-state index in [0.29, 0.717) is 16.5 Å². The highest BCUT2D eigenvalue weighted by Gasteiger charge is 2.36. The highest BCUT2D eigenvalue weighted by atomic mass is 35.5. The van der Waals surface area contributed by atoms with Gasteiger partial charge in [0.25, 0.3) is 11.1 Å². The first-order chi connectivity index (χ1) is 11.0. The van der Waals surface area contributed by atoms with Crippen LogP contribution in [0.2, 0.25) is 5.02 Å². The number of hydrogen-bond donors (Lipinski definition) is 1. The number of halogens is 1. The molecular weight excluding hydrogens is 336 g/mol. The van der Waals surface area contributed by atoms with Crippen LogP contribution in [0.25, 0.3) is 6.08 Å². The van der Waals surface area contributed by atoms with Crippen LogP contribution in [0.1, 0.15) is 25.3 Å². The summed E-state index contributed by atoms with van der Waals surface area (Å²) in [6.07, 6.45) is 3.45. The van der Waals surface area contributed by atoms with Crippen LogP contribution >= 0.6 is 23.4 Å². The van der Waals surface area contributed by atoms with Crippen molar-refractivity contribution in [1.82, 2.24) is 10.2 Å². The van der Waals surface area contributed by atoms with E-state index < -0.39 is 11.1 Å². The molecule has 1 heterocycles. The average Bonchev–Trinajstić information content (AvgIpc) is 2.77. The Bertz CT molecular complexity index is 643. The Kier molecular flexibility index (Phi) is 6.24. The molecule has 1 aromatic rings. The Morgan fingerprint density at radius 2 is 2.00 bits per heavy atom. The summed E-state index contributed by atoms with van der Waals surface area (Å²) in [5.74, 6) is -0.769. The zero-order chi connectivity index (χ0) is 16.8. The number of carbonyl (C=O) groups is 3. The van der Waals surface area contributed by atoms with E-state index >= 15 is 0 Å². The van der Waals surface area contributed by atoms with Crippen molar-refractivity contribution in [3.05, 3.63) is 39.8 Å². The van der Waals surface area contributed by atoms with Crippen LogP contribution in [-0.2, 0) is 9.59 Å². The highest BCUT2D eigenvalue weighted by Crippen LogP contribution is 2.32. The summed E-state index contributed by atoms with van der Waals surface area (Å²) in [6, 6.07) is 6.93. The summed E-state index contributed by atoms with van der Waals surface area (Å²) in [4.78, 5) is 37.2. The lowest BCUT2D eigenvalue weighted by atomic mass is 10.2. The van der Waals surface area contributed by atoms with Crippen molar-refractivity contribution in [1.29, 1.82) is 0 Å². The third kappa shape index (κ3) is 4.84. The van der Waals surface area contributed by atoms with Gasteiger partial charge in [-0.3, -0.25) is 19.3 Å². The van der Waals surface area contributed by atoms with Gasteiger partial charge < -0.3 is 5.32 Å². The van der Waals surface area contributed by atoms with E-state index in [4.69, 9.17) is 11.6 Å². The molecule has 1 aliphatic rings. The van der Waals surface area contributed by atoms with Crippen LogP contribution in [0, 0.1) is 0 Å². The molecule has 3 amide bonds. The van der Waals surface area contributed by atoms with E-state index in [9.17, 15) is 14.4 Å². The molecule has 1 saturated heterocycles. The standard InChI is InChI=1S/C16H17ClN2O3S/c1-2-3-8-18-14(20)10-19-15(21)13(23-16(19)22)9-11-4-6-12(17)7-5-11/h4-7,9H,2-3,8,10H2,1H3,(H,18,20)/b13-9-. The number of nitrogens with zero attached hydrogens (tertiary/aromatic N) is 1. The molecule has 0 aliphatic carbocycles. The zero-order valence-electron chi connectivity index (χ0n) is 12.7. The Morgan fingerprint density at radius 3 is 2.65 bits per heavy atom. The lowest BCUT2D eigenvalue weighted by Gasteiger charge is -2.12. The van der Waals surface area contributed by atoms with Crippen LogP contribution < -0.4 is 5.32 Å². The molecule has 0 radical (unpaired) electrons. The molecule has 0 saturated carbocycles. The van der Waals surface area contributed by atoms with Crippen LogP contribution in [-0.4, -0.2) is 35.0 Å². The predicted octanol–water partition coefficient (Wildman–Crippen LogP) is 3.29. The van der Waals surface area contributed by atoms with E-state index in [2.05, 4.69) is 5.32 Å². The van der Waals surface area contributed by atoms with Gasteiger partial charge in [-0.1, -0.05) is 37.1 Å². The van der Waals surface area contributed by atoms with E-state index in [-0.39, 0.29) is 12.5 Å². The summed E-state index contributed by atoms with van der Waals surface area (Å²) in [7, 11) is 0. The van der Waals surface area contributed by atoms with Gasteiger partial charge in [-0.2, -0.15) is 0 Å². The molecule has 1 N–H and O–H groups in total. The van der Waals surface area contributed by atoms with Crippen molar-refractivity contribution in [2.45, 2.75) is 19.8 Å². The zero-order valence-corrected chi connectivity index (χ0v) is 14.2. The summed E-state index contributed by atoms with van der Waals surface area (Å²) < 4.78 is 0. The second-order valence-electron chi connectivity index (χ2n) is 5.02. The summed E-state index contributed by atoms with van der Waals surface area (Å²) in [5, 5.41) is 2.86. The van der Waals surface area contributed by atoms with Crippen molar-refractivity contribution in [3.63, 3.8) is 0 Å². The topological polar surface area (TPSA) is 66.5 Å². The maximum absolute atomic E-state index is 12.3. The molecule has 2 rings (SSSR count). The van der Waals surface area contributed by atoms with Gasteiger partial charge in [0, 0.05) is 11.6 Å². The van der Waals surface area contributed by atoms with Crippen LogP contribution in [0.5, 0.6) is 0 Å². The minimum absolute atomic E-state index is 0.244. The Labute approximate surface area is 144 Å². The molecule has 0 unspecified atom stereocenters. The predicted molar refractivity (Wildman–Crippen MR) is 92.0 cm³/mol. The maximum atomic E-state index is 12.3. The van der Waals surface area contributed by atoms with Gasteiger partial charge >= 0.3 is 0 Å². The van der Waals surface area contributed by atoms with Gasteiger partial charge in [-0.25, -0.2) is 0 Å². The molecule has 0 atom stereocenters. The van der Waals surface area contributed by atoms with Gasteiger partial charge in [0.05, 0.1) is 4.91 Å². The van der Waals surface area contributed by atoms with Crippen molar-refractivity contribution in [2.75, 3.05) is 13.1 Å². The smallest absolute Gasteiger partial charge is 0.294 e. The summed E-state index contributed by atoms with van der Waals surface area (Å²) in [5.41, 5.74) is 0.771. The molecule has 1 aliphatic heterocycles. The Balaban J connectivity index is 2.02. The number of nitrogens with one attached hydrogen (secondary N) is 1. The van der Waals surface area contributed by atoms with Gasteiger partial charge in [-0.15, -0.1) is 0 Å². The molecule has 1 fully saturated rings. The Morgan fingerprint density at radius 1 is 1.30 bits per heavy atom. The number of unbranched alkanes of at least 4 members (excludes halogenated alkanes) is 1. The molecular formula is C16H17ClN2O3S. The van der Waals surface area contributed by atoms with Gasteiger partial charge in [-0.05, 0) is 42.0 Å². The highest BCUT2D eigenvalue weighted by molar-refractivity contribution is 8.18. The average molecular weight is 353 g/mol. The first-order valence-corrected chi connectivity index (χ1v) is 8.48. The second-order valence-corrected chi connectivity index (χ2v) is 6.45. The number of benzene rings is 1. The first-order valence-electron chi connectivity index (χ1n) is 7.29. The molecule has 23 heavy (non-hydrogen) atoms. The van der Waals surface area contributed by atoms with Crippen LogP contribution in [0.3, 0.4) is 0 Å². The van der Waals surface area contributed by atoms with Gasteiger partial charge in [0.15, 0.2) is 0 Å². The van der Waals surface area contributed by atoms with E-state index in [1.807, 2.05) is 6.92 Å². The van der Waals surface area contributed by atoms with E-state index in [1.165, 1.54) is 0 Å². The maximum Gasteiger partial charge on any atom is 0.294 e. The van der Waals surface area contributed by atoms with E-state index in [0.717, 1.165) is 35.1 Å². The molecule has 7 heteroatoms. The molecule has 0 bridgehead atoms. The van der Waals surface area contributed by atoms with Crippen molar-refractivity contribution in [3.8, 4) is 0 Å². The van der Waals surface area contributed by atoms with Gasteiger partial charge in [0.1, 0.15) is 6.54 Å². The fourth-order valence-corrected chi connectivity index (χ4v) is 2.92. The largest absolute Gasteiger partial charge is 0.355 e. The summed E-state index contributed by atoms with van der Waals surface area (Å²) >= 11 is 6.65.